The third-order valence-corrected chi connectivity index (χ3v) is 3.99. The van der Waals surface area contributed by atoms with E-state index in [2.05, 4.69) is 29.2 Å². The molecule has 6 nitrogen and oxygen atoms in total. The summed E-state index contributed by atoms with van der Waals surface area (Å²) in [5.74, 6) is 0.830. The van der Waals surface area contributed by atoms with E-state index in [-0.39, 0.29) is 12.6 Å². The number of aliphatic hydroxyl groups is 1. The molecule has 2 N–H and O–H groups in total. The van der Waals surface area contributed by atoms with Gasteiger partial charge in [0.2, 0.25) is 0 Å². The van der Waals surface area contributed by atoms with Crippen LogP contribution in [0, 0.1) is 13.8 Å². The van der Waals surface area contributed by atoms with Crippen LogP contribution in [0.2, 0.25) is 0 Å². The lowest BCUT2D eigenvalue weighted by Gasteiger charge is -2.19. The van der Waals surface area contributed by atoms with Crippen LogP contribution < -0.4 is 10.2 Å². The normalized spacial score (nSPS) is 12.3. The fourth-order valence-electron chi connectivity index (χ4n) is 2.69. The van der Waals surface area contributed by atoms with Gasteiger partial charge in [0.05, 0.1) is 30.2 Å². The minimum atomic E-state index is 0.132. The average Bonchev–Trinajstić information content (AvgIpc) is 2.73. The maximum atomic E-state index is 8.97. The average molecular weight is 303 g/mol. The molecular weight excluding hydrogens is 278 g/mol. The maximum Gasteiger partial charge on any atom is 0.126 e. The zero-order valence-electron chi connectivity index (χ0n) is 14.0. The molecule has 2 aromatic rings. The van der Waals surface area contributed by atoms with Crippen LogP contribution >= 0.6 is 0 Å². The molecule has 1 unspecified atom stereocenters. The maximum absolute atomic E-state index is 8.97. The summed E-state index contributed by atoms with van der Waals surface area (Å²) in [7, 11) is 3.90. The summed E-state index contributed by atoms with van der Waals surface area (Å²) in [6.45, 7) is 6.95. The molecular formula is C16H25N5O. The van der Waals surface area contributed by atoms with Gasteiger partial charge in [-0.1, -0.05) is 0 Å². The second kappa shape index (κ2) is 6.79. The first-order valence-corrected chi connectivity index (χ1v) is 7.48. The predicted octanol–water partition coefficient (Wildman–Crippen LogP) is 2.03. The number of nitrogens with zero attached hydrogens (tertiary/aromatic N) is 4. The monoisotopic (exact) mass is 303 g/mol. The molecule has 0 aliphatic carbocycles. The lowest BCUT2D eigenvalue weighted by atomic mass is 10.1. The highest BCUT2D eigenvalue weighted by Crippen LogP contribution is 2.24. The van der Waals surface area contributed by atoms with Gasteiger partial charge >= 0.3 is 0 Å². The Bertz CT molecular complexity index is 620. The van der Waals surface area contributed by atoms with Gasteiger partial charge in [0.15, 0.2) is 0 Å². The van der Waals surface area contributed by atoms with E-state index in [0.29, 0.717) is 6.54 Å². The van der Waals surface area contributed by atoms with Crippen molar-refractivity contribution in [2.75, 3.05) is 30.4 Å². The molecule has 120 valence electrons. The van der Waals surface area contributed by atoms with Crippen LogP contribution in [0.3, 0.4) is 0 Å². The number of pyridine rings is 1. The highest BCUT2D eigenvalue weighted by molar-refractivity contribution is 5.50. The summed E-state index contributed by atoms with van der Waals surface area (Å²) in [5.41, 5.74) is 4.41. The number of hydrogen-bond acceptors (Lipinski definition) is 5. The van der Waals surface area contributed by atoms with Gasteiger partial charge in [-0.2, -0.15) is 5.10 Å². The Hall–Kier alpha value is -2.08. The Kier molecular flexibility index (Phi) is 5.03. The summed E-state index contributed by atoms with van der Waals surface area (Å²) in [6, 6.07) is 4.10. The molecule has 2 rings (SSSR count). The van der Waals surface area contributed by atoms with E-state index >= 15 is 0 Å². The SMILES string of the molecule is Cc1nn(C)c(C)c1C(C)Nc1ccc(N(C)CCO)cn1. The molecule has 2 heterocycles. The molecule has 0 amide bonds. The van der Waals surface area contributed by atoms with Gasteiger partial charge in [-0.3, -0.25) is 4.68 Å². The van der Waals surface area contributed by atoms with Crippen LogP contribution in [0.5, 0.6) is 0 Å². The van der Waals surface area contributed by atoms with Crippen molar-refractivity contribution in [2.24, 2.45) is 7.05 Å². The highest BCUT2D eigenvalue weighted by atomic mass is 16.3. The van der Waals surface area contributed by atoms with Gasteiger partial charge in [0.1, 0.15) is 5.82 Å². The molecule has 1 atom stereocenters. The molecule has 0 saturated heterocycles. The van der Waals surface area contributed by atoms with Gasteiger partial charge in [0, 0.05) is 31.9 Å². The lowest BCUT2D eigenvalue weighted by Crippen LogP contribution is -2.21. The van der Waals surface area contributed by atoms with E-state index in [1.807, 2.05) is 48.9 Å². The van der Waals surface area contributed by atoms with E-state index in [0.717, 1.165) is 22.9 Å². The van der Waals surface area contributed by atoms with Crippen LogP contribution in [0.4, 0.5) is 11.5 Å². The fraction of sp³-hybridized carbons (Fsp3) is 0.500. The molecule has 0 saturated carbocycles. The van der Waals surface area contributed by atoms with Crippen molar-refractivity contribution in [3.05, 3.63) is 35.3 Å². The Morgan fingerprint density at radius 3 is 2.59 bits per heavy atom. The van der Waals surface area contributed by atoms with E-state index in [9.17, 15) is 0 Å². The third kappa shape index (κ3) is 3.39. The van der Waals surface area contributed by atoms with E-state index < -0.39 is 0 Å². The Morgan fingerprint density at radius 1 is 1.36 bits per heavy atom. The molecule has 0 fully saturated rings. The largest absolute Gasteiger partial charge is 0.395 e. The van der Waals surface area contributed by atoms with Gasteiger partial charge in [-0.25, -0.2) is 4.98 Å². The minimum absolute atomic E-state index is 0.132. The fourth-order valence-corrected chi connectivity index (χ4v) is 2.69. The topological polar surface area (TPSA) is 66.2 Å². The number of hydrogen-bond donors (Lipinski definition) is 2. The van der Waals surface area contributed by atoms with Crippen LogP contribution in [-0.2, 0) is 7.05 Å². The van der Waals surface area contributed by atoms with E-state index in [1.165, 1.54) is 5.56 Å². The second-order valence-electron chi connectivity index (χ2n) is 5.62. The Balaban J connectivity index is 2.10. The first-order chi connectivity index (χ1) is 10.4. The molecule has 2 aromatic heterocycles. The van der Waals surface area contributed by atoms with Crippen LogP contribution in [0.1, 0.15) is 29.9 Å². The zero-order valence-corrected chi connectivity index (χ0v) is 14.0. The number of aryl methyl sites for hydroxylation is 2. The zero-order chi connectivity index (χ0) is 16.3. The minimum Gasteiger partial charge on any atom is -0.395 e. The smallest absolute Gasteiger partial charge is 0.126 e. The standard InChI is InChI=1S/C16H25N5O/c1-11(16-12(2)19-21(5)13(16)3)18-15-7-6-14(10-17-15)20(4)8-9-22/h6-7,10-11,22H,8-9H2,1-5H3,(H,17,18). The molecule has 0 aliphatic heterocycles. The van der Waals surface area contributed by atoms with Crippen molar-refractivity contribution < 1.29 is 5.11 Å². The van der Waals surface area contributed by atoms with Crippen LogP contribution in [0.15, 0.2) is 18.3 Å². The molecule has 6 heteroatoms. The van der Waals surface area contributed by atoms with Gasteiger partial charge in [0.25, 0.3) is 0 Å². The van der Waals surface area contributed by atoms with Gasteiger partial charge in [-0.15, -0.1) is 0 Å². The molecule has 0 radical (unpaired) electrons. The number of rotatable bonds is 6. The third-order valence-electron chi connectivity index (χ3n) is 3.99. The molecule has 22 heavy (non-hydrogen) atoms. The number of anilines is 2. The second-order valence-corrected chi connectivity index (χ2v) is 5.62. The summed E-state index contributed by atoms with van der Waals surface area (Å²) < 4.78 is 1.91. The summed E-state index contributed by atoms with van der Waals surface area (Å²) in [5, 5.41) is 16.8. The van der Waals surface area contributed by atoms with E-state index in [4.69, 9.17) is 5.11 Å². The van der Waals surface area contributed by atoms with Gasteiger partial charge in [-0.05, 0) is 32.9 Å². The molecule has 0 aromatic carbocycles. The van der Waals surface area contributed by atoms with Crippen LogP contribution in [0.25, 0.3) is 0 Å². The highest BCUT2D eigenvalue weighted by Gasteiger charge is 2.16. The molecule has 0 spiro atoms. The summed E-state index contributed by atoms with van der Waals surface area (Å²) in [4.78, 5) is 6.42. The van der Waals surface area contributed by atoms with Crippen molar-refractivity contribution in [3.63, 3.8) is 0 Å². The quantitative estimate of drug-likeness (QED) is 0.855. The molecule has 0 bridgehead atoms. The number of likely N-dealkylation sites (N-methyl/N-ethyl adjacent to an activating group) is 1. The van der Waals surface area contributed by atoms with Crippen molar-refractivity contribution >= 4 is 11.5 Å². The Morgan fingerprint density at radius 2 is 2.09 bits per heavy atom. The number of nitrogens with one attached hydrogen (secondary N) is 1. The summed E-state index contributed by atoms with van der Waals surface area (Å²) >= 11 is 0. The first kappa shape index (κ1) is 16.3. The van der Waals surface area contributed by atoms with Crippen molar-refractivity contribution in [1.82, 2.24) is 14.8 Å². The molecule has 0 aliphatic rings. The summed E-state index contributed by atoms with van der Waals surface area (Å²) in [6.07, 6.45) is 1.81. The number of aliphatic hydroxyl groups excluding tert-OH is 1. The van der Waals surface area contributed by atoms with Crippen LogP contribution in [-0.4, -0.2) is 40.1 Å². The van der Waals surface area contributed by atoms with Crippen molar-refractivity contribution in [3.8, 4) is 0 Å². The predicted molar refractivity (Wildman–Crippen MR) is 89.3 cm³/mol. The van der Waals surface area contributed by atoms with Gasteiger partial charge < -0.3 is 15.3 Å². The number of aromatic nitrogens is 3. The lowest BCUT2D eigenvalue weighted by molar-refractivity contribution is 0.304. The van der Waals surface area contributed by atoms with Crippen molar-refractivity contribution in [1.29, 1.82) is 0 Å². The Labute approximate surface area is 131 Å². The van der Waals surface area contributed by atoms with E-state index in [1.54, 1.807) is 0 Å². The first-order valence-electron chi connectivity index (χ1n) is 7.48. The van der Waals surface area contributed by atoms with Crippen molar-refractivity contribution in [2.45, 2.75) is 26.8 Å².